The molecular formula is C33H42O19. The summed E-state index contributed by atoms with van der Waals surface area (Å²) in [4.78, 5) is 0. The molecule has 4 aliphatic rings. The third kappa shape index (κ3) is 7.46. The van der Waals surface area contributed by atoms with Gasteiger partial charge in [0.1, 0.15) is 77.9 Å². The fraction of sp³-hybridized carbons (Fsp3) is 0.576. The normalized spacial score (nSPS) is 39.2. The second-order valence-electron chi connectivity index (χ2n) is 12.9. The van der Waals surface area contributed by atoms with Crippen LogP contribution < -0.4 is 9.47 Å². The predicted octanol–water partition coefficient (Wildman–Crippen LogP) is -2.58. The van der Waals surface area contributed by atoms with Crippen molar-refractivity contribution in [1.82, 2.24) is 0 Å². The van der Waals surface area contributed by atoms with Gasteiger partial charge in [0.2, 0.25) is 6.29 Å². The summed E-state index contributed by atoms with van der Waals surface area (Å²) in [5.74, 6) is -0.952. The minimum absolute atomic E-state index is 0.0276. The van der Waals surface area contributed by atoms with E-state index in [1.807, 2.05) is 0 Å². The molecule has 19 nitrogen and oxygen atoms in total. The lowest BCUT2D eigenvalue weighted by Gasteiger charge is -2.46. The highest BCUT2D eigenvalue weighted by atomic mass is 16.8. The van der Waals surface area contributed by atoms with Crippen LogP contribution in [0.4, 0.5) is 0 Å². The number of hydrogen-bond donors (Lipinski definition) is 11. The van der Waals surface area contributed by atoms with Crippen molar-refractivity contribution in [3.63, 3.8) is 0 Å². The van der Waals surface area contributed by atoms with E-state index in [1.165, 1.54) is 44.4 Å². The van der Waals surface area contributed by atoms with Crippen molar-refractivity contribution in [2.75, 3.05) is 20.3 Å². The van der Waals surface area contributed by atoms with E-state index < -0.39 is 111 Å². The number of phenolic OH excluding ortho intramolecular Hbond substituents is 3. The second kappa shape index (κ2) is 15.4. The van der Waals surface area contributed by atoms with Crippen LogP contribution in [-0.4, -0.2) is 163 Å². The average molecular weight is 743 g/mol. The highest BCUT2D eigenvalue weighted by molar-refractivity contribution is 5.70. The maximum absolute atomic E-state index is 11.4. The molecule has 0 radical (unpaired) electrons. The molecule has 0 saturated carbocycles. The molecule has 4 aliphatic heterocycles. The SMILES string of the molecule is COc1cc(C2Oc3cc(O)cc(O)c3C=C2O[C@@H]2O[C@H](CO[C@@H]3O[C@@H](C)[C@H](O)[C@@H](O)[C@@H]3O)[C@@H](O)[C@H](O)[C@H]2O[C@@H]2OC[C@H](O)[C@H](O)[C@@H]2O)ccc1O. The minimum Gasteiger partial charge on any atom is -0.508 e. The van der Waals surface area contributed by atoms with Crippen LogP contribution in [0.15, 0.2) is 36.1 Å². The van der Waals surface area contributed by atoms with Gasteiger partial charge in [0, 0.05) is 17.7 Å². The third-order valence-electron chi connectivity index (χ3n) is 9.28. The summed E-state index contributed by atoms with van der Waals surface area (Å²) in [5.41, 5.74) is 0.384. The summed E-state index contributed by atoms with van der Waals surface area (Å²) in [5, 5.41) is 115. The maximum atomic E-state index is 11.4. The van der Waals surface area contributed by atoms with Crippen LogP contribution in [0, 0.1) is 0 Å². The van der Waals surface area contributed by atoms with Crippen LogP contribution in [0.2, 0.25) is 0 Å². The molecule has 3 fully saturated rings. The van der Waals surface area contributed by atoms with E-state index in [-0.39, 0.29) is 34.3 Å². The minimum atomic E-state index is -1.90. The molecular weight excluding hydrogens is 700 g/mol. The molecule has 288 valence electrons. The predicted molar refractivity (Wildman–Crippen MR) is 168 cm³/mol. The number of methoxy groups -OCH3 is 1. The lowest BCUT2D eigenvalue weighted by atomic mass is 9.97. The number of fused-ring (bicyclic) bond motifs is 1. The molecule has 52 heavy (non-hydrogen) atoms. The van der Waals surface area contributed by atoms with Gasteiger partial charge in [-0.1, -0.05) is 6.07 Å². The molecule has 0 spiro atoms. The Morgan fingerprint density at radius 1 is 0.750 bits per heavy atom. The van der Waals surface area contributed by atoms with Crippen LogP contribution >= 0.6 is 0 Å². The number of benzene rings is 2. The van der Waals surface area contributed by atoms with Gasteiger partial charge in [0.25, 0.3) is 0 Å². The highest BCUT2D eigenvalue weighted by Gasteiger charge is 2.52. The number of aliphatic hydroxyl groups excluding tert-OH is 8. The summed E-state index contributed by atoms with van der Waals surface area (Å²) in [7, 11) is 1.32. The number of aromatic hydroxyl groups is 3. The van der Waals surface area contributed by atoms with Crippen LogP contribution in [0.5, 0.6) is 28.7 Å². The zero-order valence-electron chi connectivity index (χ0n) is 27.7. The van der Waals surface area contributed by atoms with Gasteiger partial charge in [-0.2, -0.15) is 0 Å². The lowest BCUT2D eigenvalue weighted by molar-refractivity contribution is -0.359. The summed E-state index contributed by atoms with van der Waals surface area (Å²) in [6, 6.07) is 6.51. The maximum Gasteiger partial charge on any atom is 0.229 e. The van der Waals surface area contributed by atoms with Crippen LogP contribution in [-0.2, 0) is 28.4 Å². The Morgan fingerprint density at radius 3 is 2.21 bits per heavy atom. The number of rotatable bonds is 9. The highest BCUT2D eigenvalue weighted by Crippen LogP contribution is 2.46. The topological polar surface area (TPSA) is 296 Å². The molecule has 6 rings (SSSR count). The first-order valence-corrected chi connectivity index (χ1v) is 16.3. The Kier molecular flexibility index (Phi) is 11.3. The zero-order chi connectivity index (χ0) is 37.6. The van der Waals surface area contributed by atoms with Gasteiger partial charge in [0.05, 0.1) is 32.0 Å². The number of hydrogen-bond acceptors (Lipinski definition) is 19. The molecule has 0 amide bonds. The van der Waals surface area contributed by atoms with Crippen molar-refractivity contribution < 1.29 is 94.1 Å². The van der Waals surface area contributed by atoms with Crippen molar-refractivity contribution in [2.45, 2.75) is 99.0 Å². The molecule has 1 unspecified atom stereocenters. The molecule has 2 aromatic carbocycles. The van der Waals surface area contributed by atoms with E-state index in [2.05, 4.69) is 0 Å². The summed E-state index contributed by atoms with van der Waals surface area (Å²) < 4.78 is 46.0. The first-order valence-electron chi connectivity index (χ1n) is 16.3. The fourth-order valence-electron chi connectivity index (χ4n) is 6.24. The molecule has 0 aliphatic carbocycles. The number of ether oxygens (including phenoxy) is 8. The quantitative estimate of drug-likeness (QED) is 0.126. The first-order chi connectivity index (χ1) is 24.7. The van der Waals surface area contributed by atoms with Gasteiger partial charge < -0.3 is 94.1 Å². The van der Waals surface area contributed by atoms with Crippen molar-refractivity contribution in [1.29, 1.82) is 0 Å². The molecule has 19 heteroatoms. The van der Waals surface area contributed by atoms with Crippen molar-refractivity contribution in [3.05, 3.63) is 47.2 Å². The van der Waals surface area contributed by atoms with Crippen molar-refractivity contribution in [2.24, 2.45) is 0 Å². The summed E-state index contributed by atoms with van der Waals surface area (Å²) in [6.07, 6.45) is -22.3. The Labute approximate surface area is 295 Å². The van der Waals surface area contributed by atoms with E-state index in [0.717, 1.165) is 6.07 Å². The molecule has 4 heterocycles. The molecule has 11 N–H and O–H groups in total. The summed E-state index contributed by atoms with van der Waals surface area (Å²) >= 11 is 0. The molecule has 0 aromatic heterocycles. The summed E-state index contributed by atoms with van der Waals surface area (Å²) in [6.45, 7) is 0.381. The number of phenols is 3. The monoisotopic (exact) mass is 742 g/mol. The Bertz CT molecular complexity index is 1590. The van der Waals surface area contributed by atoms with E-state index in [4.69, 9.17) is 37.9 Å². The Balaban J connectivity index is 1.33. The van der Waals surface area contributed by atoms with E-state index in [9.17, 15) is 56.2 Å². The van der Waals surface area contributed by atoms with Gasteiger partial charge in [-0.05, 0) is 25.1 Å². The van der Waals surface area contributed by atoms with Crippen LogP contribution in [0.3, 0.4) is 0 Å². The molecule has 3 saturated heterocycles. The van der Waals surface area contributed by atoms with Gasteiger partial charge in [-0.15, -0.1) is 0 Å². The fourth-order valence-corrected chi connectivity index (χ4v) is 6.24. The molecule has 2 aromatic rings. The smallest absolute Gasteiger partial charge is 0.229 e. The van der Waals surface area contributed by atoms with Crippen molar-refractivity contribution in [3.8, 4) is 28.7 Å². The number of aliphatic hydroxyl groups is 8. The largest absolute Gasteiger partial charge is 0.508 e. The zero-order valence-corrected chi connectivity index (χ0v) is 27.7. The average Bonchev–Trinajstić information content (AvgIpc) is 3.11. The standard InChI is InChI=1S/C33H42O19/c1-11-22(38)25(41)28(44)31(48-11)47-10-21-24(40)26(42)30(52-32-27(43)23(39)17(37)9-46-32)33(51-21)50-20-8-14-16(36)6-13(34)7-18(14)49-29(20)12-3-4-15(35)19(5-12)45-2/h3-8,11,17,21-44H,9-10H2,1-2H3/t11-,17-,21+,22-,23-,24+,25+,26-,27-,28-,29?,30+,31+,32-,33+/m0/s1. The van der Waals surface area contributed by atoms with Crippen molar-refractivity contribution >= 4 is 6.08 Å². The Morgan fingerprint density at radius 2 is 1.48 bits per heavy atom. The van der Waals surface area contributed by atoms with E-state index in [0.29, 0.717) is 5.56 Å². The molecule has 15 atom stereocenters. The van der Waals surface area contributed by atoms with Gasteiger partial charge in [-0.25, -0.2) is 0 Å². The first kappa shape index (κ1) is 38.2. The lowest BCUT2D eigenvalue weighted by Crippen LogP contribution is -2.63. The second-order valence-corrected chi connectivity index (χ2v) is 12.9. The van der Waals surface area contributed by atoms with E-state index in [1.54, 1.807) is 0 Å². The van der Waals surface area contributed by atoms with Gasteiger partial charge >= 0.3 is 0 Å². The Hall–Kier alpha value is -3.54. The van der Waals surface area contributed by atoms with E-state index >= 15 is 0 Å². The van der Waals surface area contributed by atoms with Gasteiger partial charge in [0.15, 0.2) is 36.3 Å². The van der Waals surface area contributed by atoms with Crippen LogP contribution in [0.25, 0.3) is 6.08 Å². The van der Waals surface area contributed by atoms with Gasteiger partial charge in [-0.3, -0.25) is 0 Å². The molecule has 0 bridgehead atoms. The van der Waals surface area contributed by atoms with Crippen LogP contribution in [0.1, 0.15) is 24.2 Å². The third-order valence-corrected chi connectivity index (χ3v) is 9.28.